The van der Waals surface area contributed by atoms with E-state index in [2.05, 4.69) is 15.3 Å². The van der Waals surface area contributed by atoms with Crippen LogP contribution in [0.2, 0.25) is 0 Å². The maximum absolute atomic E-state index is 11.9. The number of hydrogen-bond acceptors (Lipinski definition) is 6. The minimum Gasteiger partial charge on any atom is -0.444 e. The molecule has 3 N–H and O–H groups in total. The number of carbonyl (C=O) groups is 1. The Kier molecular flexibility index (Phi) is 4.28. The molecule has 0 saturated heterocycles. The van der Waals surface area contributed by atoms with Gasteiger partial charge in [0.1, 0.15) is 16.5 Å². The fourth-order valence-corrected chi connectivity index (χ4v) is 2.20. The largest absolute Gasteiger partial charge is 0.444 e. The number of oxazole rings is 1. The number of nitrogens with two attached hydrogens (primary N) is 1. The number of rotatable bonds is 5. The van der Waals surface area contributed by atoms with Gasteiger partial charge >= 0.3 is 0 Å². The molecule has 0 aromatic carbocycles. The van der Waals surface area contributed by atoms with Crippen molar-refractivity contribution in [1.82, 2.24) is 15.3 Å². The summed E-state index contributed by atoms with van der Waals surface area (Å²) >= 11 is 1.38. The van der Waals surface area contributed by atoms with Gasteiger partial charge in [-0.2, -0.15) is 0 Å². The van der Waals surface area contributed by atoms with Crippen molar-refractivity contribution >= 4 is 17.2 Å². The van der Waals surface area contributed by atoms with Gasteiger partial charge in [0.25, 0.3) is 5.91 Å². The number of thiazole rings is 1. The van der Waals surface area contributed by atoms with Gasteiger partial charge in [-0.3, -0.25) is 4.79 Å². The third kappa shape index (κ3) is 3.39. The lowest BCUT2D eigenvalue weighted by molar-refractivity contribution is 0.0942. The van der Waals surface area contributed by atoms with Crippen molar-refractivity contribution in [2.45, 2.75) is 32.9 Å². The van der Waals surface area contributed by atoms with E-state index in [1.807, 2.05) is 13.8 Å². The third-order valence-corrected chi connectivity index (χ3v) is 3.54. The third-order valence-electron chi connectivity index (χ3n) is 2.49. The van der Waals surface area contributed by atoms with E-state index in [4.69, 9.17) is 10.2 Å². The first kappa shape index (κ1) is 13.7. The number of nitrogens with zero attached hydrogens (tertiary/aromatic N) is 2. The first-order valence-electron chi connectivity index (χ1n) is 6.03. The molecular formula is C12H16N4O2S. The number of hydrogen-bond donors (Lipinski definition) is 2. The molecule has 0 spiro atoms. The van der Waals surface area contributed by atoms with Gasteiger partial charge in [-0.05, 0) is 6.92 Å². The zero-order valence-electron chi connectivity index (χ0n) is 10.8. The van der Waals surface area contributed by atoms with E-state index in [1.165, 1.54) is 11.3 Å². The number of aromatic nitrogens is 2. The maximum Gasteiger partial charge on any atom is 0.271 e. The molecule has 6 nitrogen and oxygen atoms in total. The van der Waals surface area contributed by atoms with Gasteiger partial charge in [-0.15, -0.1) is 11.3 Å². The van der Waals surface area contributed by atoms with Crippen LogP contribution in [0.1, 0.15) is 47.0 Å². The Morgan fingerprint density at radius 2 is 2.42 bits per heavy atom. The van der Waals surface area contributed by atoms with E-state index >= 15 is 0 Å². The molecule has 0 aliphatic rings. The van der Waals surface area contributed by atoms with E-state index < -0.39 is 0 Å². The molecule has 0 aliphatic heterocycles. The predicted octanol–water partition coefficient (Wildman–Crippen LogP) is 1.64. The summed E-state index contributed by atoms with van der Waals surface area (Å²) < 4.78 is 5.40. The molecule has 7 heteroatoms. The second-order valence-corrected chi connectivity index (χ2v) is 5.01. The lowest BCUT2D eigenvalue weighted by Crippen LogP contribution is -2.23. The van der Waals surface area contributed by atoms with Crippen molar-refractivity contribution in [2.75, 3.05) is 0 Å². The average molecular weight is 280 g/mol. The van der Waals surface area contributed by atoms with Crippen LogP contribution in [0.3, 0.4) is 0 Å². The average Bonchev–Trinajstić information content (AvgIpc) is 3.04. The quantitative estimate of drug-likeness (QED) is 0.868. The van der Waals surface area contributed by atoms with E-state index in [9.17, 15) is 4.79 Å². The van der Waals surface area contributed by atoms with Crippen molar-refractivity contribution in [2.24, 2.45) is 5.73 Å². The van der Waals surface area contributed by atoms with Gasteiger partial charge < -0.3 is 15.5 Å². The number of carbonyl (C=O) groups excluding carboxylic acids is 1. The topological polar surface area (TPSA) is 94.0 Å². The van der Waals surface area contributed by atoms with Crippen LogP contribution >= 0.6 is 11.3 Å². The van der Waals surface area contributed by atoms with Crippen molar-refractivity contribution in [1.29, 1.82) is 0 Å². The summed E-state index contributed by atoms with van der Waals surface area (Å²) in [5.74, 6) is 1.05. The summed E-state index contributed by atoms with van der Waals surface area (Å²) in [6, 6.07) is -0.162. The molecule has 2 aromatic rings. The van der Waals surface area contributed by atoms with Crippen LogP contribution in [0.5, 0.6) is 0 Å². The molecule has 0 aliphatic carbocycles. The Balaban J connectivity index is 1.93. The van der Waals surface area contributed by atoms with Gasteiger partial charge in [0, 0.05) is 11.8 Å². The summed E-state index contributed by atoms with van der Waals surface area (Å²) in [7, 11) is 0. The Bertz CT molecular complexity index is 562. The zero-order chi connectivity index (χ0) is 13.8. The second kappa shape index (κ2) is 5.94. The molecule has 19 heavy (non-hydrogen) atoms. The second-order valence-electron chi connectivity index (χ2n) is 4.12. The highest BCUT2D eigenvalue weighted by atomic mass is 32.1. The molecule has 1 amide bonds. The van der Waals surface area contributed by atoms with Gasteiger partial charge in [-0.1, -0.05) is 6.92 Å². The molecule has 102 valence electrons. The maximum atomic E-state index is 11.9. The summed E-state index contributed by atoms with van der Waals surface area (Å²) in [6.07, 6.45) is 2.45. The van der Waals surface area contributed by atoms with Crippen LogP contribution in [0.4, 0.5) is 0 Å². The van der Waals surface area contributed by atoms with Crippen molar-refractivity contribution in [3.63, 3.8) is 0 Å². The number of aryl methyl sites for hydroxylation is 1. The van der Waals surface area contributed by atoms with Crippen molar-refractivity contribution in [3.8, 4) is 0 Å². The van der Waals surface area contributed by atoms with Crippen LogP contribution in [-0.4, -0.2) is 15.9 Å². The fourth-order valence-electron chi connectivity index (χ4n) is 1.44. The minimum absolute atomic E-state index is 0.162. The number of amides is 1. The van der Waals surface area contributed by atoms with E-state index in [-0.39, 0.29) is 18.5 Å². The van der Waals surface area contributed by atoms with E-state index in [1.54, 1.807) is 11.6 Å². The highest BCUT2D eigenvalue weighted by Gasteiger charge is 2.13. The Morgan fingerprint density at radius 1 is 1.63 bits per heavy atom. The molecule has 2 aromatic heterocycles. The zero-order valence-corrected chi connectivity index (χ0v) is 11.7. The Morgan fingerprint density at radius 3 is 3.00 bits per heavy atom. The van der Waals surface area contributed by atoms with Crippen molar-refractivity contribution in [3.05, 3.63) is 33.9 Å². The first-order valence-corrected chi connectivity index (χ1v) is 6.91. The summed E-state index contributed by atoms with van der Waals surface area (Å²) in [4.78, 5) is 20.1. The Labute approximate surface area is 115 Å². The van der Waals surface area contributed by atoms with Crippen LogP contribution in [-0.2, 0) is 13.0 Å². The Hall–Kier alpha value is -1.73. The summed E-state index contributed by atoms with van der Waals surface area (Å²) in [6.45, 7) is 4.07. The summed E-state index contributed by atoms with van der Waals surface area (Å²) in [5.41, 5.74) is 6.08. The SMILES string of the molecule is CCc1cnc(CNC(=O)c2csc(C(C)N)n2)o1. The van der Waals surface area contributed by atoms with Crippen LogP contribution in [0, 0.1) is 0 Å². The highest BCUT2D eigenvalue weighted by molar-refractivity contribution is 7.09. The van der Waals surface area contributed by atoms with Gasteiger partial charge in [-0.25, -0.2) is 9.97 Å². The van der Waals surface area contributed by atoms with Crippen LogP contribution in [0.25, 0.3) is 0 Å². The standard InChI is InChI=1S/C12H16N4O2S/c1-3-8-4-14-10(18-8)5-15-11(17)9-6-19-12(16-9)7(2)13/h4,6-7H,3,5,13H2,1-2H3,(H,15,17). The molecule has 1 atom stereocenters. The van der Waals surface area contributed by atoms with Gasteiger partial charge in [0.05, 0.1) is 18.8 Å². The van der Waals surface area contributed by atoms with Gasteiger partial charge in [0.15, 0.2) is 0 Å². The minimum atomic E-state index is -0.251. The molecule has 0 saturated carbocycles. The smallest absolute Gasteiger partial charge is 0.271 e. The fraction of sp³-hybridized carbons (Fsp3) is 0.417. The van der Waals surface area contributed by atoms with E-state index in [0.29, 0.717) is 11.6 Å². The molecule has 0 bridgehead atoms. The predicted molar refractivity (Wildman–Crippen MR) is 71.8 cm³/mol. The normalized spacial score (nSPS) is 12.4. The molecule has 0 fully saturated rings. The van der Waals surface area contributed by atoms with Crippen molar-refractivity contribution < 1.29 is 9.21 Å². The highest BCUT2D eigenvalue weighted by Crippen LogP contribution is 2.15. The monoisotopic (exact) mass is 280 g/mol. The summed E-state index contributed by atoms with van der Waals surface area (Å²) in [5, 5.41) is 5.15. The lowest BCUT2D eigenvalue weighted by atomic mass is 10.4. The molecule has 2 rings (SSSR count). The molecule has 1 unspecified atom stereocenters. The van der Waals surface area contributed by atoms with Gasteiger partial charge in [0.2, 0.25) is 5.89 Å². The van der Waals surface area contributed by atoms with Crippen LogP contribution in [0.15, 0.2) is 16.0 Å². The first-order chi connectivity index (χ1) is 9.10. The number of nitrogens with one attached hydrogen (secondary N) is 1. The van der Waals surface area contributed by atoms with Crippen LogP contribution < -0.4 is 11.1 Å². The molecule has 2 heterocycles. The lowest BCUT2D eigenvalue weighted by Gasteiger charge is -2.00. The molecular weight excluding hydrogens is 264 g/mol. The van der Waals surface area contributed by atoms with E-state index in [0.717, 1.165) is 17.2 Å². The molecule has 0 radical (unpaired) electrons.